The normalized spacial score (nSPS) is 10.4. The molecule has 0 fully saturated rings. The molecule has 0 spiro atoms. The molecule has 1 aromatic heterocycles. The van der Waals surface area contributed by atoms with Gasteiger partial charge in [0.25, 0.3) is 0 Å². The Morgan fingerprint density at radius 3 is 2.50 bits per heavy atom. The van der Waals surface area contributed by atoms with Gasteiger partial charge in [0, 0.05) is 5.56 Å². The first-order valence-electron chi connectivity index (χ1n) is 4.96. The van der Waals surface area contributed by atoms with Crippen molar-refractivity contribution in [3.8, 4) is 0 Å². The molecule has 1 aromatic carbocycles. The molecule has 2 aromatic rings. The summed E-state index contributed by atoms with van der Waals surface area (Å²) in [5.74, 6) is 0.128. The second-order valence-corrected chi connectivity index (χ2v) is 5.64. The summed E-state index contributed by atoms with van der Waals surface area (Å²) >= 11 is 3.26. The van der Waals surface area contributed by atoms with Crippen LogP contribution in [0.2, 0.25) is 0 Å². The molecular formula is C13H12OS2. The largest absolute Gasteiger partial charge is 0.288 e. The van der Waals surface area contributed by atoms with Gasteiger partial charge in [0.15, 0.2) is 0 Å². The van der Waals surface area contributed by atoms with E-state index >= 15 is 0 Å². The van der Waals surface area contributed by atoms with E-state index in [9.17, 15) is 4.79 Å². The van der Waals surface area contributed by atoms with Crippen LogP contribution < -0.4 is 0 Å². The minimum absolute atomic E-state index is 0.128. The fourth-order valence-corrected chi connectivity index (χ4v) is 3.24. The van der Waals surface area contributed by atoms with Crippen molar-refractivity contribution >= 4 is 28.9 Å². The molecule has 0 atom stereocenters. The monoisotopic (exact) mass is 248 g/mol. The van der Waals surface area contributed by atoms with E-state index in [0.29, 0.717) is 0 Å². The summed E-state index contributed by atoms with van der Waals surface area (Å²) in [4.78, 5) is 13.1. The van der Waals surface area contributed by atoms with Gasteiger partial charge in [-0.1, -0.05) is 30.3 Å². The van der Waals surface area contributed by atoms with Gasteiger partial charge in [0.2, 0.25) is 5.78 Å². The van der Waals surface area contributed by atoms with E-state index in [1.165, 1.54) is 4.21 Å². The number of benzene rings is 1. The Kier molecular flexibility index (Phi) is 3.46. The van der Waals surface area contributed by atoms with Gasteiger partial charge in [0.05, 0.1) is 9.09 Å². The van der Waals surface area contributed by atoms with Crippen LogP contribution in [0.5, 0.6) is 0 Å². The molecule has 0 radical (unpaired) electrons. The number of carbonyl (C=O) groups excluding carboxylic acids is 1. The third-order valence-corrected chi connectivity index (χ3v) is 4.64. The van der Waals surface area contributed by atoms with Gasteiger partial charge in [-0.3, -0.25) is 4.79 Å². The second kappa shape index (κ2) is 4.85. The summed E-state index contributed by atoms with van der Waals surface area (Å²) in [6, 6.07) is 11.5. The molecule has 1 nitrogen and oxygen atoms in total. The van der Waals surface area contributed by atoms with E-state index in [4.69, 9.17) is 0 Å². The van der Waals surface area contributed by atoms with Crippen molar-refractivity contribution in [3.63, 3.8) is 0 Å². The van der Waals surface area contributed by atoms with Gasteiger partial charge < -0.3 is 0 Å². The van der Waals surface area contributed by atoms with E-state index in [2.05, 4.69) is 6.07 Å². The third kappa shape index (κ3) is 2.20. The van der Waals surface area contributed by atoms with Crippen molar-refractivity contribution in [1.82, 2.24) is 0 Å². The minimum Gasteiger partial charge on any atom is -0.288 e. The number of hydrogen-bond donors (Lipinski definition) is 0. The predicted octanol–water partition coefficient (Wildman–Crippen LogP) is 4.01. The Bertz CT molecular complexity index is 500. The highest BCUT2D eigenvalue weighted by Crippen LogP contribution is 2.30. The zero-order chi connectivity index (χ0) is 11.5. The van der Waals surface area contributed by atoms with Crippen LogP contribution in [0.4, 0.5) is 0 Å². The highest BCUT2D eigenvalue weighted by molar-refractivity contribution is 8.00. The molecule has 0 aliphatic rings. The van der Waals surface area contributed by atoms with Crippen molar-refractivity contribution in [2.75, 3.05) is 6.26 Å². The molecular weight excluding hydrogens is 236 g/mol. The van der Waals surface area contributed by atoms with E-state index in [1.807, 2.05) is 43.5 Å². The quantitative estimate of drug-likeness (QED) is 0.603. The molecule has 0 saturated heterocycles. The zero-order valence-corrected chi connectivity index (χ0v) is 10.8. The predicted molar refractivity (Wildman–Crippen MR) is 70.7 cm³/mol. The summed E-state index contributed by atoms with van der Waals surface area (Å²) in [6.45, 7) is 1.99. The molecule has 0 unspecified atom stereocenters. The molecule has 0 N–H and O–H groups in total. The third-order valence-electron chi connectivity index (χ3n) is 2.34. The molecule has 0 aliphatic heterocycles. The molecule has 82 valence electrons. The van der Waals surface area contributed by atoms with Crippen molar-refractivity contribution in [2.24, 2.45) is 0 Å². The molecule has 0 saturated carbocycles. The Morgan fingerprint density at radius 1 is 1.25 bits per heavy atom. The van der Waals surface area contributed by atoms with Gasteiger partial charge >= 0.3 is 0 Å². The fraction of sp³-hybridized carbons (Fsp3) is 0.154. The maximum Gasteiger partial charge on any atom is 0.203 e. The lowest BCUT2D eigenvalue weighted by Gasteiger charge is -1.98. The number of carbonyl (C=O) groups is 1. The number of hydrogen-bond acceptors (Lipinski definition) is 3. The molecule has 0 amide bonds. The molecule has 1 heterocycles. The minimum atomic E-state index is 0.128. The standard InChI is InChI=1S/C13H12OS2/c1-9-8-11(15-2)16-13(9)12(14)10-6-4-3-5-7-10/h3-8H,1-2H3. The van der Waals surface area contributed by atoms with E-state index in [0.717, 1.165) is 16.0 Å². The summed E-state index contributed by atoms with van der Waals surface area (Å²) in [6.07, 6.45) is 2.03. The number of aryl methyl sites for hydroxylation is 1. The first kappa shape index (κ1) is 11.4. The first-order chi connectivity index (χ1) is 7.72. The number of thioether (sulfide) groups is 1. The van der Waals surface area contributed by atoms with Gasteiger partial charge in [-0.2, -0.15) is 0 Å². The van der Waals surface area contributed by atoms with Crippen molar-refractivity contribution in [2.45, 2.75) is 11.1 Å². The lowest BCUT2D eigenvalue weighted by atomic mass is 10.1. The van der Waals surface area contributed by atoms with Crippen LogP contribution in [0.1, 0.15) is 20.8 Å². The Balaban J connectivity index is 2.38. The van der Waals surface area contributed by atoms with Crippen LogP contribution in [0.15, 0.2) is 40.6 Å². The summed E-state index contributed by atoms with van der Waals surface area (Å²) < 4.78 is 1.19. The molecule has 0 aliphatic carbocycles. The Morgan fingerprint density at radius 2 is 1.94 bits per heavy atom. The molecule has 2 rings (SSSR count). The van der Waals surface area contributed by atoms with E-state index < -0.39 is 0 Å². The van der Waals surface area contributed by atoms with Gasteiger partial charge in [-0.15, -0.1) is 23.1 Å². The van der Waals surface area contributed by atoms with Crippen molar-refractivity contribution in [3.05, 3.63) is 52.4 Å². The molecule has 3 heteroatoms. The zero-order valence-electron chi connectivity index (χ0n) is 9.19. The Labute approximate surface area is 104 Å². The lowest BCUT2D eigenvalue weighted by Crippen LogP contribution is -1.99. The topological polar surface area (TPSA) is 17.1 Å². The maximum atomic E-state index is 12.2. The molecule has 0 bridgehead atoms. The SMILES string of the molecule is CSc1cc(C)c(C(=O)c2ccccc2)s1. The smallest absolute Gasteiger partial charge is 0.203 e. The average Bonchev–Trinajstić information content (AvgIpc) is 2.71. The van der Waals surface area contributed by atoms with E-state index in [1.54, 1.807) is 23.1 Å². The van der Waals surface area contributed by atoms with Crippen LogP contribution in [-0.4, -0.2) is 12.0 Å². The molecule has 16 heavy (non-hydrogen) atoms. The van der Waals surface area contributed by atoms with Crippen LogP contribution in [-0.2, 0) is 0 Å². The van der Waals surface area contributed by atoms with Gasteiger partial charge in [-0.05, 0) is 24.8 Å². The summed E-state index contributed by atoms with van der Waals surface area (Å²) in [5.41, 5.74) is 1.84. The van der Waals surface area contributed by atoms with Gasteiger partial charge in [-0.25, -0.2) is 0 Å². The maximum absolute atomic E-state index is 12.2. The number of thiophene rings is 1. The van der Waals surface area contributed by atoms with Crippen LogP contribution >= 0.6 is 23.1 Å². The Hall–Kier alpha value is -1.06. The number of rotatable bonds is 3. The van der Waals surface area contributed by atoms with Gasteiger partial charge in [0.1, 0.15) is 0 Å². The second-order valence-electron chi connectivity index (χ2n) is 3.48. The fourth-order valence-electron chi connectivity index (χ4n) is 1.50. The van der Waals surface area contributed by atoms with Crippen molar-refractivity contribution in [1.29, 1.82) is 0 Å². The summed E-state index contributed by atoms with van der Waals surface area (Å²) in [7, 11) is 0. The van der Waals surface area contributed by atoms with Crippen molar-refractivity contribution < 1.29 is 4.79 Å². The highest BCUT2D eigenvalue weighted by Gasteiger charge is 2.14. The van der Waals surface area contributed by atoms with Crippen LogP contribution in [0, 0.1) is 6.92 Å². The highest BCUT2D eigenvalue weighted by atomic mass is 32.2. The first-order valence-corrected chi connectivity index (χ1v) is 7.00. The van der Waals surface area contributed by atoms with Crippen LogP contribution in [0.3, 0.4) is 0 Å². The van der Waals surface area contributed by atoms with Crippen LogP contribution in [0.25, 0.3) is 0 Å². The average molecular weight is 248 g/mol. The van der Waals surface area contributed by atoms with E-state index in [-0.39, 0.29) is 5.78 Å². The lowest BCUT2D eigenvalue weighted by molar-refractivity contribution is 0.104. The summed E-state index contributed by atoms with van der Waals surface area (Å²) in [5, 5.41) is 0. The number of ketones is 1.